The van der Waals surface area contributed by atoms with Gasteiger partial charge < -0.3 is 16.0 Å². The van der Waals surface area contributed by atoms with Crippen molar-refractivity contribution in [1.29, 1.82) is 0 Å². The van der Waals surface area contributed by atoms with Gasteiger partial charge >= 0.3 is 0 Å². The van der Waals surface area contributed by atoms with Gasteiger partial charge in [-0.2, -0.15) is 5.10 Å². The highest BCUT2D eigenvalue weighted by Crippen LogP contribution is 2.37. The first kappa shape index (κ1) is 21.5. The van der Waals surface area contributed by atoms with Gasteiger partial charge in [-0.3, -0.25) is 9.79 Å². The number of hydrogen-bond acceptors (Lipinski definition) is 5. The van der Waals surface area contributed by atoms with E-state index in [1.54, 1.807) is 6.33 Å². The van der Waals surface area contributed by atoms with Crippen LogP contribution in [-0.4, -0.2) is 42.9 Å². The van der Waals surface area contributed by atoms with Crippen LogP contribution in [0.25, 0.3) is 27.9 Å². The van der Waals surface area contributed by atoms with Crippen LogP contribution in [0.15, 0.2) is 29.6 Å². The Kier molecular flexibility index (Phi) is 5.65. The number of nitrogens with one attached hydrogen (secondary N) is 2. The number of primary amides is 1. The smallest absolute Gasteiger partial charge is 0.219 e. The van der Waals surface area contributed by atoms with Crippen molar-refractivity contribution in [1.82, 2.24) is 24.6 Å². The van der Waals surface area contributed by atoms with E-state index in [1.807, 2.05) is 29.8 Å². The number of fused-ring (bicyclic) bond motifs is 2. The number of aromatic nitrogens is 5. The quantitative estimate of drug-likeness (QED) is 0.316. The highest BCUT2D eigenvalue weighted by Gasteiger charge is 2.21. The van der Waals surface area contributed by atoms with E-state index in [9.17, 15) is 4.79 Å². The molecule has 4 N–H and O–H groups in total. The first-order chi connectivity index (χ1) is 15.3. The van der Waals surface area contributed by atoms with Crippen LogP contribution in [0.4, 0.5) is 5.82 Å². The van der Waals surface area contributed by atoms with Gasteiger partial charge in [0.25, 0.3) is 0 Å². The molecule has 0 bridgehead atoms. The van der Waals surface area contributed by atoms with Crippen molar-refractivity contribution in [3.63, 3.8) is 0 Å². The van der Waals surface area contributed by atoms with E-state index >= 15 is 0 Å². The van der Waals surface area contributed by atoms with Gasteiger partial charge in [-0.15, -0.1) is 0 Å². The monoisotopic (exact) mass is 432 g/mol. The molecule has 4 aromatic heterocycles. The van der Waals surface area contributed by atoms with E-state index in [0.717, 1.165) is 44.6 Å². The molecular weight excluding hydrogens is 404 g/mol. The Hall–Kier alpha value is -3.75. The van der Waals surface area contributed by atoms with E-state index < -0.39 is 0 Å². The van der Waals surface area contributed by atoms with Crippen LogP contribution in [0.2, 0.25) is 0 Å². The van der Waals surface area contributed by atoms with Crippen LogP contribution in [0, 0.1) is 13.8 Å². The lowest BCUT2D eigenvalue weighted by molar-refractivity contribution is -0.117. The first-order valence-corrected chi connectivity index (χ1v) is 10.6. The fraction of sp³-hybridized carbons (Fsp3) is 0.348. The summed E-state index contributed by atoms with van der Waals surface area (Å²) in [5.41, 5.74) is 13.5. The van der Waals surface area contributed by atoms with E-state index in [2.05, 4.69) is 53.1 Å². The van der Waals surface area contributed by atoms with Crippen LogP contribution < -0.4 is 11.1 Å². The summed E-state index contributed by atoms with van der Waals surface area (Å²) in [5.74, 6) is 1.27. The van der Waals surface area contributed by atoms with Crippen molar-refractivity contribution >= 4 is 34.2 Å². The molecule has 0 aromatic carbocycles. The Morgan fingerprint density at radius 3 is 2.78 bits per heavy atom. The molecule has 4 aromatic rings. The van der Waals surface area contributed by atoms with E-state index in [-0.39, 0.29) is 18.2 Å². The van der Waals surface area contributed by atoms with Gasteiger partial charge in [-0.25, -0.2) is 14.5 Å². The molecule has 0 aliphatic heterocycles. The van der Waals surface area contributed by atoms with E-state index in [0.29, 0.717) is 18.2 Å². The molecule has 4 heterocycles. The Morgan fingerprint density at radius 1 is 1.28 bits per heavy atom. The second kappa shape index (κ2) is 8.41. The maximum Gasteiger partial charge on any atom is 0.219 e. The molecule has 0 aliphatic carbocycles. The van der Waals surface area contributed by atoms with Crippen molar-refractivity contribution in [3.8, 4) is 11.3 Å². The number of aliphatic imine (C=N–C) groups is 1. The second-order valence-corrected chi connectivity index (χ2v) is 8.29. The SMILES string of the molecule is CC(=NCCC(N)=O)Nc1ccc2[nH]c(-c3cn4ncnc4c(C)c3C)c(C(C)C)c2n1. The van der Waals surface area contributed by atoms with Crippen molar-refractivity contribution in [2.75, 3.05) is 11.9 Å². The minimum Gasteiger partial charge on any atom is -0.370 e. The van der Waals surface area contributed by atoms with Crippen molar-refractivity contribution in [2.45, 2.75) is 47.0 Å². The number of carbonyl (C=O) groups excluding carboxylic acids is 1. The number of H-pyrrole nitrogens is 1. The molecule has 32 heavy (non-hydrogen) atoms. The summed E-state index contributed by atoms with van der Waals surface area (Å²) in [5, 5.41) is 7.56. The average Bonchev–Trinajstić information content (AvgIpc) is 3.34. The van der Waals surface area contributed by atoms with Gasteiger partial charge in [-0.1, -0.05) is 13.8 Å². The molecule has 166 valence electrons. The number of anilines is 1. The molecule has 0 saturated heterocycles. The molecule has 0 spiro atoms. The lowest BCUT2D eigenvalue weighted by Crippen LogP contribution is -2.14. The summed E-state index contributed by atoms with van der Waals surface area (Å²) < 4.78 is 1.82. The number of aromatic amines is 1. The van der Waals surface area contributed by atoms with Crippen LogP contribution in [0.1, 0.15) is 49.8 Å². The number of aryl methyl sites for hydroxylation is 1. The van der Waals surface area contributed by atoms with Crippen LogP contribution in [-0.2, 0) is 4.79 Å². The Bertz CT molecular complexity index is 1350. The van der Waals surface area contributed by atoms with Crippen LogP contribution in [0.5, 0.6) is 0 Å². The summed E-state index contributed by atoms with van der Waals surface area (Å²) in [4.78, 5) is 28.1. The molecule has 0 radical (unpaired) electrons. The number of hydrogen-bond donors (Lipinski definition) is 3. The van der Waals surface area contributed by atoms with Crippen molar-refractivity contribution < 1.29 is 4.79 Å². The number of carbonyl (C=O) groups is 1. The molecule has 0 aliphatic rings. The summed E-state index contributed by atoms with van der Waals surface area (Å²) in [6, 6.07) is 3.94. The largest absolute Gasteiger partial charge is 0.370 e. The minimum absolute atomic E-state index is 0.221. The minimum atomic E-state index is -0.364. The van der Waals surface area contributed by atoms with Crippen LogP contribution in [0.3, 0.4) is 0 Å². The topological polar surface area (TPSA) is 126 Å². The van der Waals surface area contributed by atoms with Gasteiger partial charge in [0.1, 0.15) is 12.1 Å². The van der Waals surface area contributed by atoms with Gasteiger partial charge in [-0.05, 0) is 49.9 Å². The molecule has 4 rings (SSSR count). The van der Waals surface area contributed by atoms with Gasteiger partial charge in [0, 0.05) is 30.3 Å². The number of amides is 1. The average molecular weight is 433 g/mol. The number of rotatable bonds is 6. The molecule has 0 fully saturated rings. The van der Waals surface area contributed by atoms with E-state index in [1.165, 1.54) is 0 Å². The zero-order valence-electron chi connectivity index (χ0n) is 19.0. The fourth-order valence-electron chi connectivity index (χ4n) is 3.94. The maximum atomic E-state index is 10.9. The number of nitrogens with two attached hydrogens (primary N) is 1. The van der Waals surface area contributed by atoms with Gasteiger partial charge in [0.05, 0.1) is 22.6 Å². The Morgan fingerprint density at radius 2 is 2.06 bits per heavy atom. The molecule has 9 nitrogen and oxygen atoms in total. The van der Waals surface area contributed by atoms with Crippen molar-refractivity contribution in [2.24, 2.45) is 10.7 Å². The van der Waals surface area contributed by atoms with Gasteiger partial charge in [0.2, 0.25) is 5.91 Å². The van der Waals surface area contributed by atoms with E-state index in [4.69, 9.17) is 10.7 Å². The highest BCUT2D eigenvalue weighted by atomic mass is 16.1. The first-order valence-electron chi connectivity index (χ1n) is 10.6. The predicted molar refractivity (Wildman–Crippen MR) is 127 cm³/mol. The summed E-state index contributed by atoms with van der Waals surface area (Å²) >= 11 is 0. The zero-order chi connectivity index (χ0) is 23.0. The third kappa shape index (κ3) is 3.93. The summed E-state index contributed by atoms with van der Waals surface area (Å²) in [7, 11) is 0. The number of nitrogens with zero attached hydrogens (tertiary/aromatic N) is 5. The second-order valence-electron chi connectivity index (χ2n) is 8.29. The predicted octanol–water partition coefficient (Wildman–Crippen LogP) is 3.72. The Balaban J connectivity index is 1.78. The third-order valence-corrected chi connectivity index (χ3v) is 5.67. The Labute approximate surface area is 186 Å². The van der Waals surface area contributed by atoms with Crippen LogP contribution >= 0.6 is 0 Å². The molecule has 0 unspecified atom stereocenters. The standard InChI is InChI=1S/C23H28N8O/c1-12(2)20-21(16-10-31-23(26-11-27-31)14(4)13(16)3)29-17-6-7-19(30-22(17)20)28-15(5)25-9-8-18(24)32/h6-7,10-12,29H,8-9H2,1-5H3,(H2,24,32)(H,25,28,30). The molecule has 0 atom stereocenters. The molecule has 0 saturated carbocycles. The third-order valence-electron chi connectivity index (χ3n) is 5.67. The van der Waals surface area contributed by atoms with Gasteiger partial charge in [0.15, 0.2) is 5.65 Å². The lowest BCUT2D eigenvalue weighted by atomic mass is 9.95. The zero-order valence-corrected chi connectivity index (χ0v) is 19.0. The number of pyridine rings is 2. The maximum absolute atomic E-state index is 10.9. The lowest BCUT2D eigenvalue weighted by Gasteiger charge is -2.13. The molecule has 9 heteroatoms. The van der Waals surface area contributed by atoms with Crippen molar-refractivity contribution in [3.05, 3.63) is 41.3 Å². The molecular formula is C23H28N8O. The summed E-state index contributed by atoms with van der Waals surface area (Å²) in [6.45, 7) is 10.7. The molecule has 1 amide bonds. The number of amidine groups is 1. The summed E-state index contributed by atoms with van der Waals surface area (Å²) in [6.07, 6.45) is 3.82. The highest BCUT2D eigenvalue weighted by molar-refractivity contribution is 5.95. The fourth-order valence-corrected chi connectivity index (χ4v) is 3.94. The normalized spacial score (nSPS) is 12.2.